The smallest absolute Gasteiger partial charge is 0.416 e. The highest BCUT2D eigenvalue weighted by atomic mass is 19.4. The summed E-state index contributed by atoms with van der Waals surface area (Å²) in [6.45, 7) is 2.18. The van der Waals surface area contributed by atoms with Crippen molar-refractivity contribution in [2.24, 2.45) is 0 Å². The highest BCUT2D eigenvalue weighted by Crippen LogP contribution is 2.32. The Hall–Kier alpha value is -1.98. The van der Waals surface area contributed by atoms with Crippen molar-refractivity contribution >= 4 is 17.7 Å². The second-order valence-corrected chi connectivity index (χ2v) is 3.50. The zero-order chi connectivity index (χ0) is 13.8. The molecule has 6 heteroatoms. The fourth-order valence-corrected chi connectivity index (χ4v) is 1.38. The van der Waals surface area contributed by atoms with Crippen LogP contribution in [0.2, 0.25) is 0 Å². The van der Waals surface area contributed by atoms with Crippen LogP contribution in [0.1, 0.15) is 18.1 Å². The van der Waals surface area contributed by atoms with E-state index < -0.39 is 17.7 Å². The summed E-state index contributed by atoms with van der Waals surface area (Å²) in [5, 5.41) is 11.3. The second-order valence-electron chi connectivity index (χ2n) is 3.50. The average molecular weight is 259 g/mol. The molecule has 0 aromatic heterocycles. The summed E-state index contributed by atoms with van der Waals surface area (Å²) < 4.78 is 37.5. The predicted molar refractivity (Wildman–Crippen MR) is 62.3 cm³/mol. The van der Waals surface area contributed by atoms with Gasteiger partial charge in [-0.1, -0.05) is 6.07 Å². The van der Waals surface area contributed by atoms with Crippen LogP contribution in [0.5, 0.6) is 0 Å². The lowest BCUT2D eigenvalue weighted by atomic mass is 10.1. The van der Waals surface area contributed by atoms with E-state index in [4.69, 9.17) is 5.11 Å². The molecule has 98 valence electrons. The molecule has 0 bridgehead atoms. The quantitative estimate of drug-likeness (QED) is 0.816. The van der Waals surface area contributed by atoms with E-state index in [2.05, 4.69) is 5.32 Å². The first-order chi connectivity index (χ1) is 8.34. The lowest BCUT2D eigenvalue weighted by Gasteiger charge is -2.12. The molecule has 0 saturated heterocycles. The molecule has 0 aliphatic heterocycles. The van der Waals surface area contributed by atoms with E-state index in [-0.39, 0.29) is 5.69 Å². The molecular weight excluding hydrogens is 247 g/mol. The maximum Gasteiger partial charge on any atom is 0.416 e. The summed E-state index contributed by atoms with van der Waals surface area (Å²) in [4.78, 5) is 10.4. The topological polar surface area (TPSA) is 49.3 Å². The zero-order valence-electron chi connectivity index (χ0n) is 9.58. The number of anilines is 1. The Morgan fingerprint density at radius 2 is 2.11 bits per heavy atom. The molecular formula is C12H12F3NO2. The summed E-state index contributed by atoms with van der Waals surface area (Å²) in [6.07, 6.45) is -2.29. The summed E-state index contributed by atoms with van der Waals surface area (Å²) in [6, 6.07) is 3.12. The Morgan fingerprint density at radius 1 is 1.44 bits per heavy atom. The maximum absolute atomic E-state index is 12.5. The number of hydrogen-bond donors (Lipinski definition) is 2. The van der Waals surface area contributed by atoms with Crippen molar-refractivity contribution in [3.63, 3.8) is 0 Å². The monoisotopic (exact) mass is 259 g/mol. The van der Waals surface area contributed by atoms with Gasteiger partial charge in [-0.3, -0.25) is 0 Å². The number of carboxylic acids is 1. The van der Waals surface area contributed by atoms with Gasteiger partial charge in [0.2, 0.25) is 0 Å². The van der Waals surface area contributed by atoms with Gasteiger partial charge in [0.15, 0.2) is 0 Å². The number of benzene rings is 1. The van der Waals surface area contributed by atoms with Gasteiger partial charge in [0.1, 0.15) is 0 Å². The van der Waals surface area contributed by atoms with Crippen molar-refractivity contribution in [3.05, 3.63) is 35.4 Å². The van der Waals surface area contributed by atoms with E-state index in [1.54, 1.807) is 6.92 Å². The van der Waals surface area contributed by atoms with E-state index in [9.17, 15) is 18.0 Å². The Balaban J connectivity index is 3.16. The molecule has 0 heterocycles. The standard InChI is InChI=1S/C12H12F3NO2/c1-2-16-10-7-9(12(13,14)15)5-3-8(10)4-6-11(17)18/h3-7,16H,2H2,1H3,(H,17,18). The lowest BCUT2D eigenvalue weighted by Crippen LogP contribution is -2.07. The summed E-state index contributed by atoms with van der Waals surface area (Å²) in [5.41, 5.74) is -0.122. The third kappa shape index (κ3) is 3.80. The van der Waals surface area contributed by atoms with Crippen LogP contribution in [-0.2, 0) is 11.0 Å². The normalized spacial score (nSPS) is 11.8. The third-order valence-corrected chi connectivity index (χ3v) is 2.15. The molecule has 0 radical (unpaired) electrons. The van der Waals surface area contributed by atoms with Crippen molar-refractivity contribution in [1.82, 2.24) is 0 Å². The van der Waals surface area contributed by atoms with Crippen molar-refractivity contribution in [3.8, 4) is 0 Å². The molecule has 0 aliphatic carbocycles. The predicted octanol–water partition coefficient (Wildman–Crippen LogP) is 3.24. The average Bonchev–Trinajstić information content (AvgIpc) is 2.26. The summed E-state index contributed by atoms with van der Waals surface area (Å²) >= 11 is 0. The number of halogens is 3. The van der Waals surface area contributed by atoms with Crippen LogP contribution in [0, 0.1) is 0 Å². The number of carboxylic acid groups (broad SMARTS) is 1. The molecule has 0 amide bonds. The van der Waals surface area contributed by atoms with Gasteiger partial charge in [-0.05, 0) is 30.7 Å². The van der Waals surface area contributed by atoms with Crippen molar-refractivity contribution in [2.75, 3.05) is 11.9 Å². The highest BCUT2D eigenvalue weighted by molar-refractivity contribution is 5.87. The molecule has 1 rings (SSSR count). The van der Waals surface area contributed by atoms with Crippen LogP contribution in [0.25, 0.3) is 6.08 Å². The first-order valence-electron chi connectivity index (χ1n) is 5.20. The molecule has 1 aromatic carbocycles. The van der Waals surface area contributed by atoms with Gasteiger partial charge < -0.3 is 10.4 Å². The van der Waals surface area contributed by atoms with Crippen molar-refractivity contribution in [2.45, 2.75) is 13.1 Å². The molecule has 3 nitrogen and oxygen atoms in total. The van der Waals surface area contributed by atoms with E-state index in [1.807, 2.05) is 0 Å². The Morgan fingerprint density at radius 3 is 2.61 bits per heavy atom. The van der Waals surface area contributed by atoms with Gasteiger partial charge in [0, 0.05) is 18.3 Å². The maximum atomic E-state index is 12.5. The Kier molecular flexibility index (Phi) is 4.36. The number of carbonyl (C=O) groups is 1. The molecule has 0 saturated carbocycles. The Bertz CT molecular complexity index is 467. The van der Waals surface area contributed by atoms with Crippen LogP contribution in [-0.4, -0.2) is 17.6 Å². The van der Waals surface area contributed by atoms with Crippen molar-refractivity contribution < 1.29 is 23.1 Å². The summed E-state index contributed by atoms with van der Waals surface area (Å²) in [5.74, 6) is -1.16. The molecule has 0 unspecified atom stereocenters. The van der Waals surface area contributed by atoms with E-state index in [0.717, 1.165) is 18.2 Å². The number of nitrogens with one attached hydrogen (secondary N) is 1. The first kappa shape index (κ1) is 14.1. The number of alkyl halides is 3. The molecule has 0 aliphatic rings. The van der Waals surface area contributed by atoms with Crippen LogP contribution in [0.15, 0.2) is 24.3 Å². The van der Waals surface area contributed by atoms with Gasteiger partial charge >= 0.3 is 12.1 Å². The van der Waals surface area contributed by atoms with E-state index in [1.165, 1.54) is 12.1 Å². The van der Waals surface area contributed by atoms with Crippen LogP contribution < -0.4 is 5.32 Å². The minimum Gasteiger partial charge on any atom is -0.478 e. The Labute approximate surface area is 102 Å². The van der Waals surface area contributed by atoms with Gasteiger partial charge in [-0.15, -0.1) is 0 Å². The van der Waals surface area contributed by atoms with Gasteiger partial charge in [-0.25, -0.2) is 4.79 Å². The third-order valence-electron chi connectivity index (χ3n) is 2.15. The second kappa shape index (κ2) is 5.57. The van der Waals surface area contributed by atoms with Crippen molar-refractivity contribution in [1.29, 1.82) is 0 Å². The van der Waals surface area contributed by atoms with Crippen LogP contribution in [0.3, 0.4) is 0 Å². The molecule has 0 atom stereocenters. The molecule has 0 fully saturated rings. The first-order valence-corrected chi connectivity index (χ1v) is 5.20. The van der Waals surface area contributed by atoms with Gasteiger partial charge in [0.05, 0.1) is 5.56 Å². The summed E-state index contributed by atoms with van der Waals surface area (Å²) in [7, 11) is 0. The fraction of sp³-hybridized carbons (Fsp3) is 0.250. The van der Waals surface area contributed by atoms with Gasteiger partial charge in [-0.2, -0.15) is 13.2 Å². The molecule has 1 aromatic rings. The molecule has 0 spiro atoms. The zero-order valence-corrected chi connectivity index (χ0v) is 9.58. The van der Waals surface area contributed by atoms with Gasteiger partial charge in [0.25, 0.3) is 0 Å². The van der Waals surface area contributed by atoms with E-state index >= 15 is 0 Å². The molecule has 2 N–H and O–H groups in total. The fourth-order valence-electron chi connectivity index (χ4n) is 1.38. The number of rotatable bonds is 4. The van der Waals surface area contributed by atoms with Crippen LogP contribution >= 0.6 is 0 Å². The minimum absolute atomic E-state index is 0.254. The lowest BCUT2D eigenvalue weighted by molar-refractivity contribution is -0.137. The largest absolute Gasteiger partial charge is 0.478 e. The SMILES string of the molecule is CCNc1cc(C(F)(F)F)ccc1C=CC(=O)O. The van der Waals surface area contributed by atoms with E-state index in [0.29, 0.717) is 12.1 Å². The molecule has 18 heavy (non-hydrogen) atoms. The highest BCUT2D eigenvalue weighted by Gasteiger charge is 2.30. The van der Waals surface area contributed by atoms with Crippen LogP contribution in [0.4, 0.5) is 18.9 Å². The number of aliphatic carboxylic acids is 1. The minimum atomic E-state index is -4.42. The number of hydrogen-bond acceptors (Lipinski definition) is 2.